The van der Waals surface area contributed by atoms with Gasteiger partial charge in [-0.1, -0.05) is 15.9 Å². The van der Waals surface area contributed by atoms with E-state index in [9.17, 15) is 18.0 Å². The van der Waals surface area contributed by atoms with E-state index in [4.69, 9.17) is 14.6 Å². The van der Waals surface area contributed by atoms with Gasteiger partial charge in [-0.15, -0.1) is 0 Å². The SMILES string of the molecule is O=C(Nc1ccn(-c2ccc(Br)cc2)n1)C1CNCCOC1.O=C(O)C(F)(F)F. The zero-order chi connectivity index (χ0) is 21.4. The number of carbonyl (C=O) groups is 2. The second-order valence-corrected chi connectivity index (χ2v) is 6.81. The molecule has 1 aliphatic rings. The fraction of sp³-hybridized carbons (Fsp3) is 0.353. The molecular weight excluding hydrogens is 461 g/mol. The van der Waals surface area contributed by atoms with Crippen molar-refractivity contribution in [2.24, 2.45) is 5.92 Å². The Labute approximate surface area is 172 Å². The van der Waals surface area contributed by atoms with Crippen LogP contribution in [0.25, 0.3) is 5.69 Å². The standard InChI is InChI=1S/C15H17BrN4O2.C2HF3O2/c16-12-1-3-13(4-2-12)20-7-5-14(19-20)18-15(21)11-9-17-6-8-22-10-11;3-2(4,5)1(6)7/h1-5,7,11,17H,6,8-10H2,(H,18,19,21);(H,6,7). The van der Waals surface area contributed by atoms with Gasteiger partial charge in [-0.05, 0) is 24.3 Å². The van der Waals surface area contributed by atoms with Crippen molar-refractivity contribution in [3.8, 4) is 5.69 Å². The quantitative estimate of drug-likeness (QED) is 0.625. The molecule has 2 aromatic rings. The highest BCUT2D eigenvalue weighted by Crippen LogP contribution is 2.15. The second-order valence-electron chi connectivity index (χ2n) is 5.89. The molecule has 1 aromatic heterocycles. The van der Waals surface area contributed by atoms with Gasteiger partial charge in [-0.2, -0.15) is 18.3 Å². The lowest BCUT2D eigenvalue weighted by Crippen LogP contribution is -2.33. The number of nitrogens with zero attached hydrogens (tertiary/aromatic N) is 2. The number of hydrogen-bond donors (Lipinski definition) is 3. The molecule has 8 nitrogen and oxygen atoms in total. The number of carboxylic acid groups (broad SMARTS) is 1. The summed E-state index contributed by atoms with van der Waals surface area (Å²) >= 11 is 3.40. The molecule has 29 heavy (non-hydrogen) atoms. The summed E-state index contributed by atoms with van der Waals surface area (Å²) in [6.07, 6.45) is -3.26. The van der Waals surface area contributed by atoms with Crippen molar-refractivity contribution in [1.82, 2.24) is 15.1 Å². The molecule has 0 bridgehead atoms. The number of rotatable bonds is 3. The number of carbonyl (C=O) groups excluding carboxylic acids is 1. The number of benzene rings is 1. The van der Waals surface area contributed by atoms with E-state index in [0.29, 0.717) is 25.6 Å². The number of nitrogens with one attached hydrogen (secondary N) is 2. The first-order chi connectivity index (χ1) is 13.7. The van der Waals surface area contributed by atoms with Crippen LogP contribution in [0.4, 0.5) is 19.0 Å². The van der Waals surface area contributed by atoms with Gasteiger partial charge in [-0.3, -0.25) is 4.79 Å². The van der Waals surface area contributed by atoms with Crippen LogP contribution in [0, 0.1) is 5.92 Å². The van der Waals surface area contributed by atoms with Crippen LogP contribution < -0.4 is 10.6 Å². The highest BCUT2D eigenvalue weighted by Gasteiger charge is 2.38. The lowest BCUT2D eigenvalue weighted by molar-refractivity contribution is -0.192. The number of anilines is 1. The summed E-state index contributed by atoms with van der Waals surface area (Å²) in [6, 6.07) is 9.58. The van der Waals surface area contributed by atoms with Gasteiger partial charge in [-0.25, -0.2) is 9.48 Å². The Morgan fingerprint density at radius 1 is 1.28 bits per heavy atom. The molecule has 12 heteroatoms. The van der Waals surface area contributed by atoms with E-state index in [1.165, 1.54) is 0 Å². The molecule has 0 saturated carbocycles. The number of hydrogen-bond acceptors (Lipinski definition) is 5. The molecule has 1 aromatic carbocycles. The number of aromatic nitrogens is 2. The minimum Gasteiger partial charge on any atom is -0.475 e. The average Bonchev–Trinajstić information content (AvgIpc) is 2.94. The number of aliphatic carboxylic acids is 1. The third-order valence-electron chi connectivity index (χ3n) is 3.68. The van der Waals surface area contributed by atoms with E-state index in [1.54, 1.807) is 10.7 Å². The lowest BCUT2D eigenvalue weighted by atomic mass is 10.1. The molecule has 1 atom stereocenters. The predicted molar refractivity (Wildman–Crippen MR) is 101 cm³/mol. The maximum Gasteiger partial charge on any atom is 0.490 e. The van der Waals surface area contributed by atoms with E-state index >= 15 is 0 Å². The van der Waals surface area contributed by atoms with Crippen molar-refractivity contribution in [3.05, 3.63) is 41.0 Å². The van der Waals surface area contributed by atoms with Crippen molar-refractivity contribution in [2.75, 3.05) is 31.6 Å². The second kappa shape index (κ2) is 10.4. The summed E-state index contributed by atoms with van der Waals surface area (Å²) in [4.78, 5) is 21.1. The van der Waals surface area contributed by atoms with Crippen LogP contribution in [0.15, 0.2) is 41.0 Å². The molecule has 1 saturated heterocycles. The Balaban J connectivity index is 0.000000370. The van der Waals surface area contributed by atoms with E-state index in [1.807, 2.05) is 30.5 Å². The van der Waals surface area contributed by atoms with E-state index in [-0.39, 0.29) is 11.8 Å². The van der Waals surface area contributed by atoms with Gasteiger partial charge in [0.15, 0.2) is 5.82 Å². The molecule has 2 heterocycles. The fourth-order valence-corrected chi connectivity index (χ4v) is 2.49. The number of amides is 1. The number of ether oxygens (including phenoxy) is 1. The van der Waals surface area contributed by atoms with Gasteiger partial charge in [0.2, 0.25) is 5.91 Å². The molecule has 1 amide bonds. The number of carboxylic acids is 1. The lowest BCUT2D eigenvalue weighted by Gasteiger charge is -2.12. The van der Waals surface area contributed by atoms with E-state index in [2.05, 4.69) is 31.7 Å². The minimum atomic E-state index is -5.08. The van der Waals surface area contributed by atoms with Gasteiger partial charge in [0.25, 0.3) is 0 Å². The Kier molecular flexibility index (Phi) is 8.17. The molecule has 0 aliphatic carbocycles. The fourth-order valence-electron chi connectivity index (χ4n) is 2.23. The van der Waals surface area contributed by atoms with Crippen molar-refractivity contribution >= 4 is 33.6 Å². The molecule has 1 fully saturated rings. The highest BCUT2D eigenvalue weighted by molar-refractivity contribution is 9.10. The average molecular weight is 479 g/mol. The zero-order valence-electron chi connectivity index (χ0n) is 14.9. The van der Waals surface area contributed by atoms with Crippen molar-refractivity contribution in [2.45, 2.75) is 6.18 Å². The van der Waals surface area contributed by atoms with Crippen LogP contribution in [0.1, 0.15) is 0 Å². The molecule has 0 radical (unpaired) electrons. The largest absolute Gasteiger partial charge is 0.490 e. The maximum atomic E-state index is 12.2. The van der Waals surface area contributed by atoms with Crippen LogP contribution in [0.3, 0.4) is 0 Å². The molecule has 3 rings (SSSR count). The molecule has 1 unspecified atom stereocenters. The Morgan fingerprint density at radius 3 is 2.55 bits per heavy atom. The summed E-state index contributed by atoms with van der Waals surface area (Å²) in [5.74, 6) is -2.49. The first-order valence-electron chi connectivity index (χ1n) is 8.38. The molecular formula is C17H18BrF3N4O4. The molecule has 0 spiro atoms. The van der Waals surface area contributed by atoms with Crippen molar-refractivity contribution in [1.29, 1.82) is 0 Å². The Hall–Kier alpha value is -2.44. The maximum absolute atomic E-state index is 12.2. The normalized spacial score (nSPS) is 16.9. The number of alkyl halides is 3. The summed E-state index contributed by atoms with van der Waals surface area (Å²) in [5.41, 5.74) is 0.933. The molecule has 158 valence electrons. The zero-order valence-corrected chi connectivity index (χ0v) is 16.5. The summed E-state index contributed by atoms with van der Waals surface area (Å²) in [5, 5.41) is 17.5. The smallest absolute Gasteiger partial charge is 0.475 e. The summed E-state index contributed by atoms with van der Waals surface area (Å²) in [6.45, 7) is 2.48. The van der Waals surface area contributed by atoms with Crippen LogP contribution in [-0.2, 0) is 14.3 Å². The molecule has 3 N–H and O–H groups in total. The van der Waals surface area contributed by atoms with Gasteiger partial charge in [0.05, 0.1) is 24.8 Å². The summed E-state index contributed by atoms with van der Waals surface area (Å²) < 4.78 is 39.9. The Morgan fingerprint density at radius 2 is 1.93 bits per heavy atom. The van der Waals surface area contributed by atoms with Gasteiger partial charge < -0.3 is 20.5 Å². The highest BCUT2D eigenvalue weighted by atomic mass is 79.9. The first kappa shape index (κ1) is 22.8. The van der Waals surface area contributed by atoms with Crippen LogP contribution in [-0.4, -0.2) is 59.2 Å². The van der Waals surface area contributed by atoms with Crippen molar-refractivity contribution in [3.63, 3.8) is 0 Å². The van der Waals surface area contributed by atoms with Gasteiger partial charge in [0.1, 0.15) is 0 Å². The predicted octanol–water partition coefficient (Wildman–Crippen LogP) is 2.44. The number of halogens is 4. The van der Waals surface area contributed by atoms with Gasteiger partial charge >= 0.3 is 12.1 Å². The topological polar surface area (TPSA) is 105 Å². The van der Waals surface area contributed by atoms with E-state index < -0.39 is 12.1 Å². The first-order valence-corrected chi connectivity index (χ1v) is 9.17. The Bertz CT molecular complexity index is 819. The third-order valence-corrected chi connectivity index (χ3v) is 4.21. The minimum absolute atomic E-state index is 0.0737. The summed E-state index contributed by atoms with van der Waals surface area (Å²) in [7, 11) is 0. The van der Waals surface area contributed by atoms with E-state index in [0.717, 1.165) is 16.7 Å². The van der Waals surface area contributed by atoms with Gasteiger partial charge in [0, 0.05) is 29.8 Å². The van der Waals surface area contributed by atoms with Crippen LogP contribution in [0.5, 0.6) is 0 Å². The monoisotopic (exact) mass is 478 g/mol. The van der Waals surface area contributed by atoms with Crippen LogP contribution >= 0.6 is 15.9 Å². The third kappa shape index (κ3) is 7.48. The van der Waals surface area contributed by atoms with Crippen LogP contribution in [0.2, 0.25) is 0 Å². The van der Waals surface area contributed by atoms with Crippen molar-refractivity contribution < 1.29 is 32.6 Å². The molecule has 1 aliphatic heterocycles.